The second-order valence-electron chi connectivity index (χ2n) is 5.87. The molecular formula is C20H22N4O3S. The van der Waals surface area contributed by atoms with E-state index in [4.69, 9.17) is 9.47 Å². The molecule has 2 N–H and O–H groups in total. The Labute approximate surface area is 167 Å². The van der Waals surface area contributed by atoms with Crippen LogP contribution in [0.1, 0.15) is 18.9 Å². The molecule has 0 saturated heterocycles. The summed E-state index contributed by atoms with van der Waals surface area (Å²) in [4.78, 5) is 19.7. The van der Waals surface area contributed by atoms with Crippen LogP contribution in [0.5, 0.6) is 11.5 Å². The third-order valence-corrected chi connectivity index (χ3v) is 4.65. The molecule has 0 fully saturated rings. The number of carbonyl (C=O) groups is 1. The quantitative estimate of drug-likeness (QED) is 0.327. The predicted octanol–water partition coefficient (Wildman–Crippen LogP) is 3.60. The van der Waals surface area contributed by atoms with Crippen molar-refractivity contribution in [1.29, 1.82) is 0 Å². The largest absolute Gasteiger partial charge is 0.493 e. The summed E-state index contributed by atoms with van der Waals surface area (Å²) in [5.41, 5.74) is 5.08. The van der Waals surface area contributed by atoms with Gasteiger partial charge in [0.1, 0.15) is 0 Å². The number of aromatic nitrogens is 2. The van der Waals surface area contributed by atoms with Crippen LogP contribution in [0.4, 0.5) is 0 Å². The zero-order valence-corrected chi connectivity index (χ0v) is 16.6. The molecule has 3 rings (SSSR count). The number of nitrogens with zero attached hydrogens (tertiary/aromatic N) is 2. The smallest absolute Gasteiger partial charge is 0.250 e. The number of H-pyrrole nitrogens is 1. The van der Waals surface area contributed by atoms with E-state index in [1.54, 1.807) is 13.3 Å². The molecule has 0 spiro atoms. The molecule has 0 radical (unpaired) electrons. The van der Waals surface area contributed by atoms with Crippen LogP contribution in [0.2, 0.25) is 0 Å². The van der Waals surface area contributed by atoms with Gasteiger partial charge in [0.2, 0.25) is 0 Å². The molecule has 0 aliphatic heterocycles. The normalized spacial score (nSPS) is 11.1. The first-order chi connectivity index (χ1) is 13.7. The molecule has 1 amide bonds. The number of amides is 1. The topological polar surface area (TPSA) is 88.6 Å². The lowest BCUT2D eigenvalue weighted by Gasteiger charge is -2.12. The summed E-state index contributed by atoms with van der Waals surface area (Å²) >= 11 is 1.32. The summed E-state index contributed by atoms with van der Waals surface area (Å²) in [5, 5.41) is 4.73. The maximum absolute atomic E-state index is 12.1. The minimum atomic E-state index is -0.222. The molecule has 0 saturated carbocycles. The molecule has 3 aromatic rings. The molecule has 0 atom stereocenters. The average Bonchev–Trinajstić information content (AvgIpc) is 3.14. The average molecular weight is 398 g/mol. The van der Waals surface area contributed by atoms with Crippen LogP contribution in [-0.4, -0.2) is 41.6 Å². The molecule has 0 bridgehead atoms. The number of carbonyl (C=O) groups excluding carboxylic acids is 1. The molecule has 1 heterocycles. The maximum atomic E-state index is 12.1. The molecule has 7 nitrogen and oxygen atoms in total. The van der Waals surface area contributed by atoms with Gasteiger partial charge in [-0.1, -0.05) is 36.9 Å². The van der Waals surface area contributed by atoms with Gasteiger partial charge in [0.15, 0.2) is 16.7 Å². The zero-order chi connectivity index (χ0) is 19.8. The van der Waals surface area contributed by atoms with Crippen LogP contribution >= 0.6 is 11.8 Å². The summed E-state index contributed by atoms with van der Waals surface area (Å²) in [7, 11) is 1.59. The van der Waals surface area contributed by atoms with E-state index < -0.39 is 0 Å². The molecule has 1 aromatic heterocycles. The highest BCUT2D eigenvalue weighted by molar-refractivity contribution is 7.99. The number of methoxy groups -OCH3 is 1. The van der Waals surface area contributed by atoms with E-state index >= 15 is 0 Å². The van der Waals surface area contributed by atoms with E-state index in [0.717, 1.165) is 23.0 Å². The van der Waals surface area contributed by atoms with Crippen LogP contribution < -0.4 is 14.9 Å². The van der Waals surface area contributed by atoms with E-state index in [2.05, 4.69) is 20.5 Å². The first kappa shape index (κ1) is 19.8. The molecule has 146 valence electrons. The number of benzene rings is 2. The Morgan fingerprint density at radius 2 is 2.14 bits per heavy atom. The summed E-state index contributed by atoms with van der Waals surface area (Å²) in [5.74, 6) is 1.22. The second-order valence-corrected chi connectivity index (χ2v) is 6.83. The van der Waals surface area contributed by atoms with Crippen molar-refractivity contribution >= 4 is 34.9 Å². The lowest BCUT2D eigenvalue weighted by atomic mass is 10.2. The number of hydrogen-bond acceptors (Lipinski definition) is 6. The Morgan fingerprint density at radius 1 is 1.29 bits per heavy atom. The highest BCUT2D eigenvalue weighted by Gasteiger charge is 2.09. The monoisotopic (exact) mass is 398 g/mol. The van der Waals surface area contributed by atoms with Crippen LogP contribution in [0.25, 0.3) is 11.0 Å². The summed E-state index contributed by atoms with van der Waals surface area (Å²) in [6.45, 7) is 2.60. The van der Waals surface area contributed by atoms with E-state index in [1.807, 2.05) is 49.4 Å². The Morgan fingerprint density at radius 3 is 2.93 bits per heavy atom. The molecule has 0 aliphatic rings. The van der Waals surface area contributed by atoms with Gasteiger partial charge in [-0.25, -0.2) is 10.4 Å². The highest BCUT2D eigenvalue weighted by atomic mass is 32.2. The van der Waals surface area contributed by atoms with Crippen molar-refractivity contribution in [3.8, 4) is 11.5 Å². The molecule has 2 aromatic carbocycles. The van der Waals surface area contributed by atoms with Gasteiger partial charge in [0.05, 0.1) is 36.7 Å². The summed E-state index contributed by atoms with van der Waals surface area (Å²) in [6, 6.07) is 13.3. The highest BCUT2D eigenvalue weighted by Crippen LogP contribution is 2.30. The third kappa shape index (κ3) is 5.04. The molecule has 28 heavy (non-hydrogen) atoms. The van der Waals surface area contributed by atoms with Crippen LogP contribution in [0.3, 0.4) is 0 Å². The number of thioether (sulfide) groups is 1. The number of fused-ring (bicyclic) bond motifs is 1. The molecule has 0 aliphatic carbocycles. The fourth-order valence-corrected chi connectivity index (χ4v) is 3.17. The number of hydrazone groups is 1. The molecule has 8 heteroatoms. The molecular weight excluding hydrogens is 376 g/mol. The number of hydrogen-bond donors (Lipinski definition) is 2. The fourth-order valence-electron chi connectivity index (χ4n) is 2.49. The zero-order valence-electron chi connectivity index (χ0n) is 15.8. The third-order valence-electron chi connectivity index (χ3n) is 3.78. The number of nitrogens with one attached hydrogen (secondary N) is 2. The van der Waals surface area contributed by atoms with Gasteiger partial charge in [-0.2, -0.15) is 5.10 Å². The summed E-state index contributed by atoms with van der Waals surface area (Å²) < 4.78 is 11.1. The van der Waals surface area contributed by atoms with Gasteiger partial charge in [-0.05, 0) is 30.7 Å². The number of ether oxygens (including phenoxy) is 2. The van der Waals surface area contributed by atoms with Gasteiger partial charge >= 0.3 is 0 Å². The van der Waals surface area contributed by atoms with Crippen molar-refractivity contribution in [2.45, 2.75) is 18.5 Å². The van der Waals surface area contributed by atoms with Crippen LogP contribution in [-0.2, 0) is 4.79 Å². The van der Waals surface area contributed by atoms with Crippen molar-refractivity contribution < 1.29 is 14.3 Å². The van der Waals surface area contributed by atoms with Crippen molar-refractivity contribution in [2.75, 3.05) is 19.5 Å². The standard InChI is InChI=1S/C20H22N4O3S/c1-3-11-27-19-14(7-6-10-17(19)26-2)12-21-24-18(25)13-28-20-22-15-8-4-5-9-16(15)23-20/h4-10,12H,3,11,13H2,1-2H3,(H,22,23)(H,24,25)/b21-12-. The van der Waals surface area contributed by atoms with Gasteiger partial charge < -0.3 is 14.5 Å². The first-order valence-corrected chi connectivity index (χ1v) is 9.89. The fraction of sp³-hybridized carbons (Fsp3) is 0.250. The van der Waals surface area contributed by atoms with Gasteiger partial charge in [0, 0.05) is 5.56 Å². The molecule has 0 unspecified atom stereocenters. The lowest BCUT2D eigenvalue weighted by Crippen LogP contribution is -2.19. The van der Waals surface area contributed by atoms with E-state index in [1.165, 1.54) is 11.8 Å². The van der Waals surface area contributed by atoms with Crippen molar-refractivity contribution in [3.63, 3.8) is 0 Å². The van der Waals surface area contributed by atoms with Crippen molar-refractivity contribution in [3.05, 3.63) is 48.0 Å². The van der Waals surface area contributed by atoms with E-state index in [0.29, 0.717) is 23.3 Å². The minimum Gasteiger partial charge on any atom is -0.493 e. The van der Waals surface area contributed by atoms with Crippen LogP contribution in [0, 0.1) is 0 Å². The van der Waals surface area contributed by atoms with Crippen molar-refractivity contribution in [2.24, 2.45) is 5.10 Å². The number of aromatic amines is 1. The number of imidazole rings is 1. The number of rotatable bonds is 9. The van der Waals surface area contributed by atoms with E-state index in [-0.39, 0.29) is 11.7 Å². The second kappa shape index (κ2) is 9.80. The summed E-state index contributed by atoms with van der Waals surface area (Å²) in [6.07, 6.45) is 2.43. The Kier molecular flexibility index (Phi) is 6.91. The predicted molar refractivity (Wildman–Crippen MR) is 111 cm³/mol. The van der Waals surface area contributed by atoms with Gasteiger partial charge in [-0.3, -0.25) is 4.79 Å². The van der Waals surface area contributed by atoms with Crippen molar-refractivity contribution in [1.82, 2.24) is 15.4 Å². The van der Waals surface area contributed by atoms with Gasteiger partial charge in [-0.15, -0.1) is 0 Å². The van der Waals surface area contributed by atoms with Gasteiger partial charge in [0.25, 0.3) is 5.91 Å². The Balaban J connectivity index is 1.57. The van der Waals surface area contributed by atoms with E-state index in [9.17, 15) is 4.79 Å². The SMILES string of the molecule is CCCOc1c(/C=N\NC(=O)CSc2nc3ccccc3[nH]2)cccc1OC. The Hall–Kier alpha value is -3.00. The first-order valence-electron chi connectivity index (χ1n) is 8.90. The minimum absolute atomic E-state index is 0.203. The van der Waals surface area contributed by atoms with Crippen LogP contribution in [0.15, 0.2) is 52.7 Å². The Bertz CT molecular complexity index is 938. The maximum Gasteiger partial charge on any atom is 0.250 e. The number of para-hydroxylation sites is 3. The lowest BCUT2D eigenvalue weighted by molar-refractivity contribution is -0.118.